The highest BCUT2D eigenvalue weighted by atomic mass is 32.2. The van der Waals surface area contributed by atoms with Crippen LogP contribution in [-0.4, -0.2) is 52.6 Å². The molecule has 2 aliphatic rings. The maximum Gasteiger partial charge on any atom is 0.315 e. The van der Waals surface area contributed by atoms with Crippen LogP contribution >= 0.6 is 11.8 Å². The number of nitrogens with one attached hydrogen (secondary N) is 2. The van der Waals surface area contributed by atoms with E-state index in [2.05, 4.69) is 27.0 Å². The van der Waals surface area contributed by atoms with Crippen LogP contribution in [0.1, 0.15) is 17.7 Å². The van der Waals surface area contributed by atoms with Gasteiger partial charge in [-0.25, -0.2) is 14.5 Å². The van der Waals surface area contributed by atoms with Gasteiger partial charge in [0.2, 0.25) is 0 Å². The van der Waals surface area contributed by atoms with E-state index in [0.29, 0.717) is 31.3 Å². The zero-order valence-electron chi connectivity index (χ0n) is 13.8. The fourth-order valence-corrected chi connectivity index (χ4v) is 3.24. The largest absolute Gasteiger partial charge is 0.486 e. The Balaban J connectivity index is 1.71. The van der Waals surface area contributed by atoms with Crippen LogP contribution in [0.25, 0.3) is 5.69 Å². The number of aromatic nitrogens is 3. The van der Waals surface area contributed by atoms with Gasteiger partial charge in [0.05, 0.1) is 5.69 Å². The van der Waals surface area contributed by atoms with Crippen LogP contribution in [-0.2, 0) is 6.42 Å². The van der Waals surface area contributed by atoms with Gasteiger partial charge < -0.3 is 20.1 Å². The Hall–Kier alpha value is -2.42. The Morgan fingerprint density at radius 2 is 2.16 bits per heavy atom. The second-order valence-corrected chi connectivity index (χ2v) is 6.76. The quantitative estimate of drug-likeness (QED) is 0.834. The molecule has 1 saturated heterocycles. The van der Waals surface area contributed by atoms with Crippen LogP contribution < -0.4 is 20.1 Å². The number of benzene rings is 1. The van der Waals surface area contributed by atoms with Crippen LogP contribution in [0, 0.1) is 0 Å². The first kappa shape index (κ1) is 16.1. The van der Waals surface area contributed by atoms with Gasteiger partial charge in [0.15, 0.2) is 23.1 Å². The molecule has 2 aliphatic heterocycles. The number of carbonyl (C=O) groups excluding carboxylic acids is 1. The van der Waals surface area contributed by atoms with E-state index in [-0.39, 0.29) is 12.1 Å². The van der Waals surface area contributed by atoms with Crippen LogP contribution in [0.4, 0.5) is 4.79 Å². The molecular formula is C16H19N5O3S. The molecule has 3 heterocycles. The highest BCUT2D eigenvalue weighted by molar-refractivity contribution is 7.98. The van der Waals surface area contributed by atoms with Crippen molar-refractivity contribution in [3.8, 4) is 17.2 Å². The maximum absolute atomic E-state index is 11.5. The number of hydrogen-bond acceptors (Lipinski definition) is 6. The van der Waals surface area contributed by atoms with Crippen molar-refractivity contribution >= 4 is 17.8 Å². The SMILES string of the molecule is CSCCc1nc(C2CNC(=O)N2)n(-c2ccc3c(c2)OCCO3)n1. The Morgan fingerprint density at radius 3 is 2.92 bits per heavy atom. The average molecular weight is 361 g/mol. The summed E-state index contributed by atoms with van der Waals surface area (Å²) in [6.07, 6.45) is 2.83. The second kappa shape index (κ2) is 6.83. The molecule has 8 nitrogen and oxygen atoms in total. The number of aryl methyl sites for hydroxylation is 1. The molecule has 1 aromatic heterocycles. The molecule has 2 N–H and O–H groups in total. The van der Waals surface area contributed by atoms with Crippen molar-refractivity contribution in [3.05, 3.63) is 29.8 Å². The summed E-state index contributed by atoms with van der Waals surface area (Å²) in [5.41, 5.74) is 0.836. The number of urea groups is 1. The zero-order valence-corrected chi connectivity index (χ0v) is 14.6. The zero-order chi connectivity index (χ0) is 17.2. The lowest BCUT2D eigenvalue weighted by Gasteiger charge is -2.19. The van der Waals surface area contributed by atoms with E-state index in [1.807, 2.05) is 18.2 Å². The van der Waals surface area contributed by atoms with Gasteiger partial charge in [0.25, 0.3) is 0 Å². The molecule has 132 valence electrons. The number of nitrogens with zero attached hydrogens (tertiary/aromatic N) is 3. The van der Waals surface area contributed by atoms with E-state index in [1.165, 1.54) is 0 Å². The van der Waals surface area contributed by atoms with E-state index in [9.17, 15) is 4.79 Å². The van der Waals surface area contributed by atoms with Crippen molar-refractivity contribution in [3.63, 3.8) is 0 Å². The molecule has 4 rings (SSSR count). The molecule has 0 radical (unpaired) electrons. The summed E-state index contributed by atoms with van der Waals surface area (Å²) >= 11 is 1.75. The Labute approximate surface area is 149 Å². The average Bonchev–Trinajstić information content (AvgIpc) is 3.25. The summed E-state index contributed by atoms with van der Waals surface area (Å²) in [7, 11) is 0. The monoisotopic (exact) mass is 361 g/mol. The molecule has 9 heteroatoms. The summed E-state index contributed by atoms with van der Waals surface area (Å²) in [5, 5.41) is 10.3. The number of rotatable bonds is 5. The van der Waals surface area contributed by atoms with Crippen LogP contribution in [0.2, 0.25) is 0 Å². The molecule has 25 heavy (non-hydrogen) atoms. The minimum absolute atomic E-state index is 0.188. The fraction of sp³-hybridized carbons (Fsp3) is 0.438. The van der Waals surface area contributed by atoms with E-state index >= 15 is 0 Å². The normalized spacial score (nSPS) is 18.8. The number of carbonyl (C=O) groups is 1. The minimum atomic E-state index is -0.212. The molecule has 0 bridgehead atoms. The van der Waals surface area contributed by atoms with Crippen LogP contribution in [0.3, 0.4) is 0 Å². The van der Waals surface area contributed by atoms with Gasteiger partial charge in [0, 0.05) is 24.8 Å². The molecule has 1 unspecified atom stereocenters. The number of amides is 2. The van der Waals surface area contributed by atoms with Gasteiger partial charge in [-0.3, -0.25) is 0 Å². The predicted octanol–water partition coefficient (Wildman–Crippen LogP) is 1.30. The van der Waals surface area contributed by atoms with Gasteiger partial charge in [0.1, 0.15) is 19.3 Å². The van der Waals surface area contributed by atoms with Crippen molar-refractivity contribution in [2.24, 2.45) is 0 Å². The number of fused-ring (bicyclic) bond motifs is 1. The van der Waals surface area contributed by atoms with Gasteiger partial charge in [-0.1, -0.05) is 0 Å². The molecule has 1 fully saturated rings. The first-order valence-corrected chi connectivity index (χ1v) is 9.53. The fourth-order valence-electron chi connectivity index (χ4n) is 2.86. The molecule has 1 aromatic carbocycles. The topological polar surface area (TPSA) is 90.3 Å². The lowest BCUT2D eigenvalue weighted by Crippen LogP contribution is -2.23. The number of ether oxygens (including phenoxy) is 2. The van der Waals surface area contributed by atoms with E-state index < -0.39 is 0 Å². The third kappa shape index (κ3) is 3.23. The van der Waals surface area contributed by atoms with Crippen molar-refractivity contribution < 1.29 is 14.3 Å². The van der Waals surface area contributed by atoms with Crippen molar-refractivity contribution in [2.75, 3.05) is 31.8 Å². The lowest BCUT2D eigenvalue weighted by molar-refractivity contribution is 0.171. The van der Waals surface area contributed by atoms with Gasteiger partial charge in [-0.15, -0.1) is 0 Å². The van der Waals surface area contributed by atoms with Crippen LogP contribution in [0.15, 0.2) is 18.2 Å². The van der Waals surface area contributed by atoms with Crippen molar-refractivity contribution in [1.82, 2.24) is 25.4 Å². The summed E-state index contributed by atoms with van der Waals surface area (Å²) in [6.45, 7) is 1.58. The number of thioether (sulfide) groups is 1. The van der Waals surface area contributed by atoms with Crippen molar-refractivity contribution in [2.45, 2.75) is 12.5 Å². The third-order valence-corrected chi connectivity index (χ3v) is 4.67. The van der Waals surface area contributed by atoms with Crippen molar-refractivity contribution in [1.29, 1.82) is 0 Å². The molecule has 2 aromatic rings. The Bertz CT molecular complexity index is 794. The van der Waals surface area contributed by atoms with Crippen LogP contribution in [0.5, 0.6) is 11.5 Å². The summed E-state index contributed by atoms with van der Waals surface area (Å²) in [5.74, 6) is 3.85. The first-order chi connectivity index (χ1) is 12.2. The van der Waals surface area contributed by atoms with Gasteiger partial charge in [-0.05, 0) is 18.4 Å². The summed E-state index contributed by atoms with van der Waals surface area (Å²) in [6, 6.07) is 5.30. The van der Waals surface area contributed by atoms with E-state index in [0.717, 1.165) is 29.4 Å². The predicted molar refractivity (Wildman–Crippen MR) is 93.7 cm³/mol. The van der Waals surface area contributed by atoms with E-state index in [1.54, 1.807) is 16.4 Å². The molecule has 0 aliphatic carbocycles. The summed E-state index contributed by atoms with van der Waals surface area (Å²) in [4.78, 5) is 16.2. The van der Waals surface area contributed by atoms with Gasteiger partial charge >= 0.3 is 6.03 Å². The molecular weight excluding hydrogens is 342 g/mol. The molecule has 2 amide bonds. The van der Waals surface area contributed by atoms with Gasteiger partial charge in [-0.2, -0.15) is 16.9 Å². The molecule has 0 saturated carbocycles. The smallest absolute Gasteiger partial charge is 0.315 e. The molecule has 0 spiro atoms. The van der Waals surface area contributed by atoms with E-state index in [4.69, 9.17) is 9.47 Å². The Kier molecular flexibility index (Phi) is 4.39. The summed E-state index contributed by atoms with van der Waals surface area (Å²) < 4.78 is 13.0. The first-order valence-electron chi connectivity index (χ1n) is 8.14. The second-order valence-electron chi connectivity index (χ2n) is 5.78. The molecule has 1 atom stereocenters. The highest BCUT2D eigenvalue weighted by Crippen LogP contribution is 2.32. The third-order valence-electron chi connectivity index (χ3n) is 4.06. The lowest BCUT2D eigenvalue weighted by atomic mass is 10.2. The maximum atomic E-state index is 11.5. The highest BCUT2D eigenvalue weighted by Gasteiger charge is 2.28. The standard InChI is InChI=1S/C16H19N5O3S/c1-25-7-4-14-19-15(11-9-17-16(22)18-11)21(20-14)10-2-3-12-13(8-10)24-6-5-23-12/h2-3,8,11H,4-7,9H2,1H3,(H2,17,18,22). The minimum Gasteiger partial charge on any atom is -0.486 e. The number of hydrogen-bond donors (Lipinski definition) is 2. The Morgan fingerprint density at radius 1 is 1.32 bits per heavy atom.